The molecule has 1 saturated carbocycles. The van der Waals surface area contributed by atoms with Crippen molar-refractivity contribution < 1.29 is 18.0 Å². The normalized spacial score (nSPS) is 21.2. The molecule has 0 radical (unpaired) electrons. The Morgan fingerprint density at radius 1 is 1.25 bits per heavy atom. The van der Waals surface area contributed by atoms with Crippen molar-refractivity contribution in [2.24, 2.45) is 0 Å². The van der Waals surface area contributed by atoms with Gasteiger partial charge in [-0.25, -0.2) is 4.98 Å². The molecule has 2 N–H and O–H groups in total. The summed E-state index contributed by atoms with van der Waals surface area (Å²) in [5.41, 5.74) is -1.15. The quantitative estimate of drug-likeness (QED) is 0.706. The minimum absolute atomic E-state index is 0.0503. The maximum atomic E-state index is 13.4. The highest BCUT2D eigenvalue weighted by atomic mass is 19.4. The van der Waals surface area contributed by atoms with Gasteiger partial charge in [-0.2, -0.15) is 18.4 Å². The fourth-order valence-corrected chi connectivity index (χ4v) is 4.84. The second kappa shape index (κ2) is 8.94. The Bertz CT molecular complexity index is 1000. The van der Waals surface area contributed by atoms with Gasteiger partial charge in [0.15, 0.2) is 0 Å². The fraction of sp³-hybridized carbons (Fsp3) is 0.522. The van der Waals surface area contributed by atoms with Gasteiger partial charge in [-0.1, -0.05) is 37.5 Å². The Morgan fingerprint density at radius 2 is 2.00 bits per heavy atom. The molecule has 1 unspecified atom stereocenters. The molecule has 0 bridgehead atoms. The predicted molar refractivity (Wildman–Crippen MR) is 112 cm³/mol. The van der Waals surface area contributed by atoms with Crippen molar-refractivity contribution in [2.45, 2.75) is 62.7 Å². The molecule has 9 heteroatoms. The third-order valence-electron chi connectivity index (χ3n) is 6.44. The number of rotatable bonds is 5. The lowest BCUT2D eigenvalue weighted by molar-refractivity contribution is -0.137. The van der Waals surface area contributed by atoms with Crippen molar-refractivity contribution >= 4 is 5.91 Å². The van der Waals surface area contributed by atoms with Gasteiger partial charge in [0.2, 0.25) is 5.91 Å². The molecule has 170 valence electrons. The van der Waals surface area contributed by atoms with Crippen LogP contribution >= 0.6 is 0 Å². The van der Waals surface area contributed by atoms with Crippen LogP contribution in [0.2, 0.25) is 0 Å². The number of likely N-dealkylation sites (tertiary alicyclic amines) is 1. The van der Waals surface area contributed by atoms with Gasteiger partial charge in [0, 0.05) is 5.56 Å². The second-order valence-electron chi connectivity index (χ2n) is 8.66. The average molecular weight is 445 g/mol. The maximum Gasteiger partial charge on any atom is 0.417 e. The molecule has 2 aromatic rings. The summed E-state index contributed by atoms with van der Waals surface area (Å²) >= 11 is 0. The minimum atomic E-state index is -4.46. The molecular formula is C23H26F3N5O. The first-order valence-corrected chi connectivity index (χ1v) is 11.0. The van der Waals surface area contributed by atoms with Gasteiger partial charge >= 0.3 is 6.18 Å². The number of hydrogen-bond donors (Lipinski definition) is 2. The van der Waals surface area contributed by atoms with Crippen LogP contribution in [0, 0.1) is 11.3 Å². The maximum absolute atomic E-state index is 13.4. The zero-order chi connectivity index (χ0) is 22.8. The number of amides is 1. The Kier molecular flexibility index (Phi) is 6.24. The highest BCUT2D eigenvalue weighted by Gasteiger charge is 2.37. The lowest BCUT2D eigenvalue weighted by atomic mass is 9.83. The largest absolute Gasteiger partial charge is 0.417 e. The molecule has 2 fully saturated rings. The third-order valence-corrected chi connectivity index (χ3v) is 6.44. The molecule has 32 heavy (non-hydrogen) atoms. The number of alkyl halides is 3. The van der Waals surface area contributed by atoms with Crippen molar-refractivity contribution in [3.05, 3.63) is 41.9 Å². The van der Waals surface area contributed by atoms with Crippen LogP contribution < -0.4 is 5.32 Å². The van der Waals surface area contributed by atoms with Gasteiger partial charge in [-0.05, 0) is 38.3 Å². The van der Waals surface area contributed by atoms with Crippen LogP contribution in [-0.2, 0) is 11.0 Å². The standard InChI is InChI=1S/C23H26F3N5O/c24-23(25,26)17-8-3-2-7-16(17)18-13-28-21(29-18)19-9-6-12-31(19)14-20(32)30-22(15-27)10-4-1-5-11-22/h2-3,7-8,13,19H,1,4-6,9-12,14H2,(H,28,29)(H,30,32). The summed E-state index contributed by atoms with van der Waals surface area (Å²) in [6.07, 6.45) is 2.83. The van der Waals surface area contributed by atoms with Crippen molar-refractivity contribution in [3.63, 3.8) is 0 Å². The molecule has 1 aliphatic heterocycles. The molecule has 6 nitrogen and oxygen atoms in total. The Labute approximate surface area is 184 Å². The average Bonchev–Trinajstić information content (AvgIpc) is 3.43. The van der Waals surface area contributed by atoms with Crippen LogP contribution in [0.5, 0.6) is 0 Å². The monoisotopic (exact) mass is 445 g/mol. The molecule has 1 aromatic carbocycles. The molecular weight excluding hydrogens is 419 g/mol. The summed E-state index contributed by atoms with van der Waals surface area (Å²) in [5.74, 6) is 0.351. The van der Waals surface area contributed by atoms with Gasteiger partial charge in [-0.3, -0.25) is 9.69 Å². The molecule has 0 spiro atoms. The summed E-state index contributed by atoms with van der Waals surface area (Å²) in [7, 11) is 0. The minimum Gasteiger partial charge on any atom is -0.341 e. The molecule has 1 saturated heterocycles. The first-order valence-electron chi connectivity index (χ1n) is 11.0. The molecule has 2 heterocycles. The first kappa shape index (κ1) is 22.3. The summed E-state index contributed by atoms with van der Waals surface area (Å²) in [6, 6.07) is 7.51. The lowest BCUT2D eigenvalue weighted by Gasteiger charge is -2.32. The number of carbonyl (C=O) groups excluding carboxylic acids is 1. The first-order chi connectivity index (χ1) is 15.3. The van der Waals surface area contributed by atoms with E-state index in [9.17, 15) is 23.2 Å². The zero-order valence-corrected chi connectivity index (χ0v) is 17.7. The third kappa shape index (κ3) is 4.65. The van der Waals surface area contributed by atoms with Crippen LogP contribution in [0.15, 0.2) is 30.5 Å². The van der Waals surface area contributed by atoms with Crippen LogP contribution in [-0.4, -0.2) is 39.4 Å². The lowest BCUT2D eigenvalue weighted by Crippen LogP contribution is -2.51. The number of nitriles is 1. The van der Waals surface area contributed by atoms with Crippen molar-refractivity contribution in [1.29, 1.82) is 5.26 Å². The summed E-state index contributed by atoms with van der Waals surface area (Å²) in [5, 5.41) is 12.5. The van der Waals surface area contributed by atoms with E-state index >= 15 is 0 Å². The van der Waals surface area contributed by atoms with E-state index < -0.39 is 17.3 Å². The molecule has 1 atom stereocenters. The number of imidazole rings is 1. The van der Waals surface area contributed by atoms with E-state index in [4.69, 9.17) is 0 Å². The SMILES string of the molecule is N#CC1(NC(=O)CN2CCCC2c2ncc(-c3ccccc3C(F)(F)F)[nH]2)CCCCC1. The van der Waals surface area contributed by atoms with Crippen molar-refractivity contribution in [1.82, 2.24) is 20.2 Å². The van der Waals surface area contributed by atoms with E-state index in [0.717, 1.165) is 38.2 Å². The summed E-state index contributed by atoms with van der Waals surface area (Å²) < 4.78 is 40.2. The summed E-state index contributed by atoms with van der Waals surface area (Å²) in [4.78, 5) is 22.1. The highest BCUT2D eigenvalue weighted by Crippen LogP contribution is 2.37. The molecule has 1 aliphatic carbocycles. The molecule has 4 rings (SSSR count). The highest BCUT2D eigenvalue weighted by molar-refractivity contribution is 5.79. The Hall–Kier alpha value is -2.86. The number of hydrogen-bond acceptors (Lipinski definition) is 4. The molecule has 2 aliphatic rings. The van der Waals surface area contributed by atoms with Crippen LogP contribution in [0.1, 0.15) is 62.4 Å². The van der Waals surface area contributed by atoms with Gasteiger partial charge < -0.3 is 10.3 Å². The Morgan fingerprint density at radius 3 is 2.72 bits per heavy atom. The fourth-order valence-electron chi connectivity index (χ4n) is 4.84. The van der Waals surface area contributed by atoms with Crippen LogP contribution in [0.4, 0.5) is 13.2 Å². The number of aromatic amines is 1. The topological polar surface area (TPSA) is 84.8 Å². The van der Waals surface area contributed by atoms with Gasteiger partial charge in [0.1, 0.15) is 11.4 Å². The predicted octanol–water partition coefficient (Wildman–Crippen LogP) is 4.58. The van der Waals surface area contributed by atoms with E-state index in [2.05, 4.69) is 21.4 Å². The van der Waals surface area contributed by atoms with Gasteiger partial charge in [0.05, 0.1) is 36.1 Å². The number of benzene rings is 1. The number of H-pyrrole nitrogens is 1. The van der Waals surface area contributed by atoms with E-state index in [1.165, 1.54) is 18.3 Å². The smallest absolute Gasteiger partial charge is 0.341 e. The number of nitrogens with one attached hydrogen (secondary N) is 2. The van der Waals surface area contributed by atoms with Crippen LogP contribution in [0.3, 0.4) is 0 Å². The van der Waals surface area contributed by atoms with Crippen molar-refractivity contribution in [2.75, 3.05) is 13.1 Å². The second-order valence-corrected chi connectivity index (χ2v) is 8.66. The molecule has 1 amide bonds. The zero-order valence-electron chi connectivity index (χ0n) is 17.7. The number of aromatic nitrogens is 2. The van der Waals surface area contributed by atoms with Crippen molar-refractivity contribution in [3.8, 4) is 17.3 Å². The van der Waals surface area contributed by atoms with Gasteiger partial charge in [-0.15, -0.1) is 0 Å². The van der Waals surface area contributed by atoms with Crippen LogP contribution in [0.25, 0.3) is 11.3 Å². The number of carbonyl (C=O) groups is 1. The molecule has 1 aromatic heterocycles. The van der Waals surface area contributed by atoms with E-state index in [1.54, 1.807) is 6.07 Å². The van der Waals surface area contributed by atoms with E-state index in [0.29, 0.717) is 30.9 Å². The number of nitrogens with zero attached hydrogens (tertiary/aromatic N) is 3. The Balaban J connectivity index is 1.48. The summed E-state index contributed by atoms with van der Waals surface area (Å²) in [6.45, 7) is 0.816. The van der Waals surface area contributed by atoms with E-state index in [1.807, 2.05) is 4.90 Å². The number of halogens is 3. The van der Waals surface area contributed by atoms with E-state index in [-0.39, 0.29) is 24.1 Å². The van der Waals surface area contributed by atoms with Gasteiger partial charge in [0.25, 0.3) is 0 Å².